The minimum absolute atomic E-state index is 0.0161. The monoisotopic (exact) mass is 657 g/mol. The van der Waals surface area contributed by atoms with Gasteiger partial charge >= 0.3 is 0 Å². The van der Waals surface area contributed by atoms with Crippen molar-refractivity contribution in [2.45, 2.75) is 51.4 Å². The highest BCUT2D eigenvalue weighted by atomic mass is 16.3. The van der Waals surface area contributed by atoms with E-state index in [1.54, 1.807) is 36.7 Å². The second-order valence-corrected chi connectivity index (χ2v) is 11.9. The van der Waals surface area contributed by atoms with E-state index in [0.717, 1.165) is 36.8 Å². The molecule has 0 radical (unpaired) electrons. The summed E-state index contributed by atoms with van der Waals surface area (Å²) in [5.74, 6) is -2.49. The van der Waals surface area contributed by atoms with Crippen molar-refractivity contribution in [1.82, 2.24) is 24.6 Å². The Morgan fingerprint density at radius 1 is 0.646 bits per heavy atom. The fraction of sp³-hybridized carbons (Fsp3) is 0.371. The van der Waals surface area contributed by atoms with Crippen molar-refractivity contribution in [3.8, 4) is 5.75 Å². The van der Waals surface area contributed by atoms with Crippen molar-refractivity contribution < 1.29 is 29.1 Å². The average molecular weight is 658 g/mol. The van der Waals surface area contributed by atoms with Crippen LogP contribution in [-0.4, -0.2) is 98.0 Å². The highest BCUT2D eigenvalue weighted by Gasteiger charge is 2.31. The number of amides is 5. The van der Waals surface area contributed by atoms with E-state index in [1.165, 1.54) is 31.7 Å². The molecule has 0 aliphatic heterocycles. The summed E-state index contributed by atoms with van der Waals surface area (Å²) in [4.78, 5) is 75.9. The molecule has 2 aromatic carbocycles. The quantitative estimate of drug-likeness (QED) is 0.206. The zero-order valence-corrected chi connectivity index (χ0v) is 26.9. The zero-order chi connectivity index (χ0) is 34.5. The molecular formula is C35H43N7O6. The van der Waals surface area contributed by atoms with Crippen molar-refractivity contribution in [1.29, 1.82) is 0 Å². The van der Waals surface area contributed by atoms with Crippen LogP contribution >= 0.6 is 0 Å². The SMILES string of the molecule is NCC(=O)N(CC(=O)N(CC(=O)N(CC(=O)N(CC(N)=O)Cc1ccccc1)Cc1ccc(O)cc1)Cc1ccncc1)C1CCCC1. The summed E-state index contributed by atoms with van der Waals surface area (Å²) in [5, 5.41) is 9.80. The minimum atomic E-state index is -0.705. The molecule has 48 heavy (non-hydrogen) atoms. The first-order valence-electron chi connectivity index (χ1n) is 15.9. The van der Waals surface area contributed by atoms with Gasteiger partial charge in [-0.05, 0) is 53.8 Å². The lowest BCUT2D eigenvalue weighted by Crippen LogP contribution is -2.51. The van der Waals surface area contributed by atoms with Crippen molar-refractivity contribution in [3.63, 3.8) is 0 Å². The molecule has 0 bridgehead atoms. The number of carbonyl (C=O) groups excluding carboxylic acids is 5. The van der Waals surface area contributed by atoms with E-state index >= 15 is 0 Å². The minimum Gasteiger partial charge on any atom is -0.508 e. The number of benzene rings is 2. The van der Waals surface area contributed by atoms with Crippen molar-refractivity contribution in [2.75, 3.05) is 32.7 Å². The smallest absolute Gasteiger partial charge is 0.242 e. The normalized spacial score (nSPS) is 12.7. The molecule has 1 heterocycles. The number of primary amides is 1. The Morgan fingerprint density at radius 2 is 1.12 bits per heavy atom. The first kappa shape index (κ1) is 35.6. The van der Waals surface area contributed by atoms with Gasteiger partial charge in [-0.3, -0.25) is 29.0 Å². The Kier molecular flexibility index (Phi) is 13.0. The highest BCUT2D eigenvalue weighted by molar-refractivity contribution is 5.91. The number of aromatic hydroxyl groups is 1. The molecule has 0 saturated heterocycles. The largest absolute Gasteiger partial charge is 0.508 e. The fourth-order valence-electron chi connectivity index (χ4n) is 5.75. The lowest BCUT2D eigenvalue weighted by Gasteiger charge is -2.32. The molecule has 0 spiro atoms. The van der Waals surface area contributed by atoms with Crippen LogP contribution in [0.3, 0.4) is 0 Å². The van der Waals surface area contributed by atoms with Crippen molar-refractivity contribution in [2.24, 2.45) is 11.5 Å². The predicted octanol–water partition coefficient (Wildman–Crippen LogP) is 1.39. The third-order valence-electron chi connectivity index (χ3n) is 8.27. The summed E-state index contributed by atoms with van der Waals surface area (Å²) in [6, 6.07) is 18.6. The van der Waals surface area contributed by atoms with E-state index in [0.29, 0.717) is 5.56 Å². The number of phenols is 1. The number of nitrogens with zero attached hydrogens (tertiary/aromatic N) is 5. The molecule has 3 aromatic rings. The lowest BCUT2D eigenvalue weighted by molar-refractivity contribution is -0.147. The van der Waals surface area contributed by atoms with Crippen LogP contribution in [-0.2, 0) is 43.6 Å². The van der Waals surface area contributed by atoms with Gasteiger partial charge < -0.3 is 36.2 Å². The van der Waals surface area contributed by atoms with Gasteiger partial charge in [0.2, 0.25) is 29.5 Å². The molecule has 1 saturated carbocycles. The van der Waals surface area contributed by atoms with E-state index in [1.807, 2.05) is 30.3 Å². The molecule has 13 nitrogen and oxygen atoms in total. The number of nitrogens with two attached hydrogens (primary N) is 2. The molecule has 13 heteroatoms. The summed E-state index contributed by atoms with van der Waals surface area (Å²) in [6.07, 6.45) is 6.61. The lowest BCUT2D eigenvalue weighted by atomic mass is 10.1. The predicted molar refractivity (Wildman–Crippen MR) is 177 cm³/mol. The van der Waals surface area contributed by atoms with Gasteiger partial charge in [-0.2, -0.15) is 0 Å². The Bertz CT molecular complexity index is 1530. The van der Waals surface area contributed by atoms with Gasteiger partial charge in [-0.25, -0.2) is 0 Å². The van der Waals surface area contributed by atoms with Gasteiger partial charge in [0.05, 0.1) is 13.1 Å². The van der Waals surface area contributed by atoms with Crippen LogP contribution in [0.5, 0.6) is 5.75 Å². The van der Waals surface area contributed by atoms with Crippen molar-refractivity contribution >= 4 is 29.5 Å². The number of hydrogen-bond acceptors (Lipinski definition) is 8. The Balaban J connectivity index is 1.60. The van der Waals surface area contributed by atoms with Gasteiger partial charge in [0.15, 0.2) is 0 Å². The first-order valence-corrected chi connectivity index (χ1v) is 15.9. The summed E-state index contributed by atoms with van der Waals surface area (Å²) < 4.78 is 0. The van der Waals surface area contributed by atoms with Gasteiger partial charge in [0.1, 0.15) is 25.4 Å². The summed E-state index contributed by atoms with van der Waals surface area (Å²) >= 11 is 0. The van der Waals surface area contributed by atoms with E-state index in [9.17, 15) is 29.1 Å². The number of phenolic OH excluding ortho intramolecular Hbond substituents is 1. The molecule has 1 aliphatic rings. The topological polar surface area (TPSA) is 183 Å². The first-order chi connectivity index (χ1) is 23.1. The van der Waals surface area contributed by atoms with Crippen molar-refractivity contribution in [3.05, 3.63) is 95.8 Å². The highest BCUT2D eigenvalue weighted by Crippen LogP contribution is 2.24. The maximum Gasteiger partial charge on any atom is 0.242 e. The Morgan fingerprint density at radius 3 is 1.65 bits per heavy atom. The molecule has 1 aromatic heterocycles. The van der Waals surface area contributed by atoms with Gasteiger partial charge in [-0.1, -0.05) is 55.3 Å². The summed E-state index contributed by atoms with van der Waals surface area (Å²) in [5.41, 5.74) is 13.3. The molecule has 254 valence electrons. The number of pyridine rings is 1. The maximum atomic E-state index is 14.1. The van der Waals surface area contributed by atoms with Crippen LogP contribution in [0.1, 0.15) is 42.4 Å². The van der Waals surface area contributed by atoms with E-state index in [2.05, 4.69) is 4.98 Å². The number of hydrogen-bond donors (Lipinski definition) is 3. The maximum absolute atomic E-state index is 14.1. The fourth-order valence-corrected chi connectivity index (χ4v) is 5.75. The van der Waals surface area contributed by atoms with E-state index < -0.39 is 36.7 Å². The molecule has 0 atom stereocenters. The number of rotatable bonds is 16. The van der Waals surface area contributed by atoms with Gasteiger partial charge in [0, 0.05) is 38.1 Å². The van der Waals surface area contributed by atoms with Crippen LogP contribution in [0.2, 0.25) is 0 Å². The zero-order valence-electron chi connectivity index (χ0n) is 26.9. The van der Waals surface area contributed by atoms with E-state index in [4.69, 9.17) is 11.5 Å². The molecule has 5 N–H and O–H groups in total. The third kappa shape index (κ3) is 10.6. The van der Waals surface area contributed by atoms with Gasteiger partial charge in [0.25, 0.3) is 0 Å². The van der Waals surface area contributed by atoms with Crippen LogP contribution in [0.4, 0.5) is 0 Å². The number of aromatic nitrogens is 1. The molecule has 5 amide bonds. The Labute approximate surface area is 280 Å². The molecule has 1 aliphatic carbocycles. The molecule has 1 fully saturated rings. The van der Waals surface area contributed by atoms with Crippen LogP contribution < -0.4 is 11.5 Å². The van der Waals surface area contributed by atoms with Gasteiger partial charge in [-0.15, -0.1) is 0 Å². The summed E-state index contributed by atoms with van der Waals surface area (Å²) in [6.45, 7) is -1.48. The second-order valence-electron chi connectivity index (χ2n) is 11.9. The molecule has 4 rings (SSSR count). The van der Waals surface area contributed by atoms with Crippen LogP contribution in [0, 0.1) is 0 Å². The average Bonchev–Trinajstić information content (AvgIpc) is 3.62. The van der Waals surface area contributed by atoms with Crippen LogP contribution in [0.25, 0.3) is 0 Å². The third-order valence-corrected chi connectivity index (χ3v) is 8.27. The Hall–Kier alpha value is -5.30. The summed E-state index contributed by atoms with van der Waals surface area (Å²) in [7, 11) is 0. The number of carbonyl (C=O) groups is 5. The standard InChI is InChI=1S/C35H43N7O6/c36-18-32(45)42(29-8-4-5-9-29)25-35(48)41(21-28-14-16-38-17-15-28)24-34(47)40(20-27-10-12-30(43)13-11-27)23-33(46)39(22-31(37)44)19-26-6-2-1-3-7-26/h1-3,6-7,10-17,29,43H,4-5,8-9,18-25,36H2,(H2,37,44). The second kappa shape index (κ2) is 17.6. The van der Waals surface area contributed by atoms with E-state index in [-0.39, 0.29) is 57.0 Å². The molecule has 0 unspecified atom stereocenters. The van der Waals surface area contributed by atoms with Crippen LogP contribution in [0.15, 0.2) is 79.1 Å². The molecular weight excluding hydrogens is 614 g/mol.